The van der Waals surface area contributed by atoms with Gasteiger partial charge in [0.25, 0.3) is 5.56 Å². The van der Waals surface area contributed by atoms with Gasteiger partial charge in [0.2, 0.25) is 0 Å². The van der Waals surface area contributed by atoms with Gasteiger partial charge in [-0.15, -0.1) is 11.3 Å². The number of pyridine rings is 1. The van der Waals surface area contributed by atoms with Crippen molar-refractivity contribution in [1.82, 2.24) is 24.5 Å². The maximum atomic E-state index is 13.5. The largest absolute Gasteiger partial charge is 0.383 e. The Kier molecular flexibility index (Phi) is 6.01. The van der Waals surface area contributed by atoms with Crippen LogP contribution in [0, 0.1) is 5.82 Å². The van der Waals surface area contributed by atoms with Gasteiger partial charge in [-0.05, 0) is 60.5 Å². The molecule has 0 amide bonds. The maximum Gasteiger partial charge on any atom is 0.265 e. The SMILES string of the molecule is CC(c1ccc(F)cc1)n1cnc2ccnc(NCc3ccc(-c4ccc5ncnc(N)c5c4)s3)c2c1=O. The molecule has 0 aliphatic rings. The summed E-state index contributed by atoms with van der Waals surface area (Å²) in [6, 6.07) is 17.5. The number of anilines is 2. The molecular weight excluding hydrogens is 501 g/mol. The monoisotopic (exact) mass is 523 g/mol. The number of hydrogen-bond acceptors (Lipinski definition) is 8. The van der Waals surface area contributed by atoms with Gasteiger partial charge in [0.1, 0.15) is 29.2 Å². The van der Waals surface area contributed by atoms with E-state index in [9.17, 15) is 9.18 Å². The van der Waals surface area contributed by atoms with Crippen LogP contribution in [0.15, 0.2) is 84.3 Å². The number of nitrogens with one attached hydrogen (secondary N) is 1. The Hall–Kier alpha value is -4.70. The van der Waals surface area contributed by atoms with Gasteiger partial charge >= 0.3 is 0 Å². The zero-order valence-corrected chi connectivity index (χ0v) is 21.1. The van der Waals surface area contributed by atoms with Gasteiger partial charge in [-0.1, -0.05) is 18.2 Å². The summed E-state index contributed by atoms with van der Waals surface area (Å²) in [7, 11) is 0. The molecule has 0 aliphatic carbocycles. The fourth-order valence-corrected chi connectivity index (χ4v) is 5.36. The molecule has 3 N–H and O–H groups in total. The number of benzene rings is 2. The molecule has 188 valence electrons. The van der Waals surface area contributed by atoms with Gasteiger partial charge in [-0.25, -0.2) is 24.3 Å². The van der Waals surface area contributed by atoms with Crippen LogP contribution in [0.3, 0.4) is 0 Å². The van der Waals surface area contributed by atoms with E-state index in [4.69, 9.17) is 5.73 Å². The lowest BCUT2D eigenvalue weighted by Crippen LogP contribution is -2.25. The third-order valence-electron chi connectivity index (χ3n) is 6.51. The molecule has 8 nitrogen and oxygen atoms in total. The highest BCUT2D eigenvalue weighted by Crippen LogP contribution is 2.32. The number of hydrogen-bond donors (Lipinski definition) is 2. The van der Waals surface area contributed by atoms with Crippen LogP contribution in [0.2, 0.25) is 0 Å². The molecule has 4 aromatic heterocycles. The van der Waals surface area contributed by atoms with E-state index >= 15 is 0 Å². The minimum absolute atomic E-state index is 0.217. The molecule has 0 spiro atoms. The first-order valence-corrected chi connectivity index (χ1v) is 12.7. The van der Waals surface area contributed by atoms with Crippen molar-refractivity contribution in [3.63, 3.8) is 0 Å². The summed E-state index contributed by atoms with van der Waals surface area (Å²) < 4.78 is 14.9. The van der Waals surface area contributed by atoms with Gasteiger partial charge in [-0.2, -0.15) is 0 Å². The normalized spacial score (nSPS) is 12.2. The van der Waals surface area contributed by atoms with Crippen LogP contribution in [0.1, 0.15) is 23.4 Å². The Morgan fingerprint density at radius 1 is 1.00 bits per heavy atom. The van der Waals surface area contributed by atoms with Crippen molar-refractivity contribution in [2.75, 3.05) is 11.1 Å². The van der Waals surface area contributed by atoms with E-state index in [0.717, 1.165) is 31.8 Å². The predicted octanol–water partition coefficient (Wildman–Crippen LogP) is 5.41. The van der Waals surface area contributed by atoms with Crippen LogP contribution < -0.4 is 16.6 Å². The van der Waals surface area contributed by atoms with Crippen molar-refractivity contribution >= 4 is 44.8 Å². The van der Waals surface area contributed by atoms with E-state index in [1.54, 1.807) is 40.3 Å². The van der Waals surface area contributed by atoms with Gasteiger partial charge < -0.3 is 11.1 Å². The van der Waals surface area contributed by atoms with Crippen molar-refractivity contribution in [3.05, 3.63) is 106 Å². The molecule has 0 saturated carbocycles. The molecule has 0 bridgehead atoms. The summed E-state index contributed by atoms with van der Waals surface area (Å²) in [4.78, 5) is 32.9. The lowest BCUT2D eigenvalue weighted by Gasteiger charge is -2.16. The summed E-state index contributed by atoms with van der Waals surface area (Å²) in [5, 5.41) is 4.54. The number of nitrogens with two attached hydrogens (primary N) is 1. The molecule has 6 rings (SSSR count). The van der Waals surface area contributed by atoms with Crippen LogP contribution in [0.5, 0.6) is 0 Å². The highest BCUT2D eigenvalue weighted by atomic mass is 32.1. The molecule has 2 aromatic carbocycles. The molecule has 1 atom stereocenters. The number of thiophene rings is 1. The van der Waals surface area contributed by atoms with Crippen molar-refractivity contribution in [2.24, 2.45) is 0 Å². The van der Waals surface area contributed by atoms with E-state index in [1.165, 1.54) is 24.8 Å². The number of fused-ring (bicyclic) bond motifs is 2. The Morgan fingerprint density at radius 2 is 1.84 bits per heavy atom. The highest BCUT2D eigenvalue weighted by molar-refractivity contribution is 7.15. The predicted molar refractivity (Wildman–Crippen MR) is 149 cm³/mol. The van der Waals surface area contributed by atoms with E-state index < -0.39 is 0 Å². The topological polar surface area (TPSA) is 112 Å². The zero-order chi connectivity index (χ0) is 26.2. The summed E-state index contributed by atoms with van der Waals surface area (Å²) in [6.45, 7) is 2.36. The van der Waals surface area contributed by atoms with Gasteiger partial charge in [0.05, 0.1) is 29.9 Å². The van der Waals surface area contributed by atoms with E-state index in [2.05, 4.69) is 31.3 Å². The Bertz CT molecular complexity index is 1850. The number of halogens is 1. The van der Waals surface area contributed by atoms with E-state index in [0.29, 0.717) is 29.1 Å². The third kappa shape index (κ3) is 4.35. The fourth-order valence-electron chi connectivity index (χ4n) is 4.42. The molecule has 0 fully saturated rings. The lowest BCUT2D eigenvalue weighted by atomic mass is 10.1. The second-order valence-corrected chi connectivity index (χ2v) is 10.0. The summed E-state index contributed by atoms with van der Waals surface area (Å²) in [5.41, 5.74) is 9.01. The highest BCUT2D eigenvalue weighted by Gasteiger charge is 2.16. The minimum Gasteiger partial charge on any atom is -0.383 e. The molecule has 10 heteroatoms. The summed E-state index contributed by atoms with van der Waals surface area (Å²) in [5.74, 6) is 0.590. The van der Waals surface area contributed by atoms with Crippen LogP contribution in [0.25, 0.3) is 32.2 Å². The quantitative estimate of drug-likeness (QED) is 0.300. The Labute approximate surface area is 220 Å². The molecule has 38 heavy (non-hydrogen) atoms. The molecule has 0 saturated heterocycles. The molecule has 0 radical (unpaired) electrons. The maximum absolute atomic E-state index is 13.5. The first-order valence-electron chi connectivity index (χ1n) is 11.9. The van der Waals surface area contributed by atoms with E-state index in [1.807, 2.05) is 31.2 Å². The minimum atomic E-state index is -0.325. The first kappa shape index (κ1) is 23.7. The van der Waals surface area contributed by atoms with Crippen LogP contribution >= 0.6 is 11.3 Å². The summed E-state index contributed by atoms with van der Waals surface area (Å²) >= 11 is 1.63. The van der Waals surface area contributed by atoms with Crippen LogP contribution in [-0.4, -0.2) is 24.5 Å². The van der Waals surface area contributed by atoms with E-state index in [-0.39, 0.29) is 17.4 Å². The second-order valence-electron chi connectivity index (χ2n) is 8.85. The fraction of sp³-hybridized carbons (Fsp3) is 0.107. The number of nitrogens with zero attached hydrogens (tertiary/aromatic N) is 5. The van der Waals surface area contributed by atoms with Crippen molar-refractivity contribution in [2.45, 2.75) is 19.5 Å². The molecular formula is C28H22FN7OS. The molecule has 1 unspecified atom stereocenters. The average molecular weight is 524 g/mol. The van der Waals surface area contributed by atoms with Crippen molar-refractivity contribution in [3.8, 4) is 10.4 Å². The Balaban J connectivity index is 1.28. The number of aromatic nitrogens is 5. The molecule has 6 aromatic rings. The average Bonchev–Trinajstić information content (AvgIpc) is 3.41. The van der Waals surface area contributed by atoms with Crippen molar-refractivity contribution in [1.29, 1.82) is 0 Å². The Morgan fingerprint density at radius 3 is 2.68 bits per heavy atom. The smallest absolute Gasteiger partial charge is 0.265 e. The van der Waals surface area contributed by atoms with Gasteiger partial charge in [-0.3, -0.25) is 9.36 Å². The van der Waals surface area contributed by atoms with Crippen LogP contribution in [-0.2, 0) is 6.54 Å². The number of nitrogen functional groups attached to an aromatic ring is 1. The number of rotatable bonds is 6. The third-order valence-corrected chi connectivity index (χ3v) is 7.64. The van der Waals surface area contributed by atoms with Crippen molar-refractivity contribution < 1.29 is 4.39 Å². The molecule has 0 aliphatic heterocycles. The van der Waals surface area contributed by atoms with Crippen LogP contribution in [0.4, 0.5) is 16.0 Å². The second kappa shape index (κ2) is 9.64. The zero-order valence-electron chi connectivity index (χ0n) is 20.3. The first-order chi connectivity index (χ1) is 18.5. The summed E-state index contributed by atoms with van der Waals surface area (Å²) in [6.07, 6.45) is 4.61. The molecule has 4 heterocycles. The lowest BCUT2D eigenvalue weighted by molar-refractivity contribution is 0.600. The van der Waals surface area contributed by atoms with Gasteiger partial charge in [0, 0.05) is 21.3 Å². The van der Waals surface area contributed by atoms with Gasteiger partial charge in [0.15, 0.2) is 0 Å². The standard InChI is InChI=1S/C28H22FN7OS/c1-16(17-2-5-19(29)6-3-17)36-15-35-23-10-11-31-27(25(23)28(36)37)32-13-20-7-9-24(38-20)18-4-8-22-21(12-18)26(30)34-14-33-22/h2-12,14-16H,13H2,1H3,(H,31,32)(H2,30,33,34).